The van der Waals surface area contributed by atoms with Crippen molar-refractivity contribution in [3.05, 3.63) is 44.9 Å². The van der Waals surface area contributed by atoms with Crippen LogP contribution in [-0.2, 0) is 0 Å². The van der Waals surface area contributed by atoms with Crippen molar-refractivity contribution in [3.63, 3.8) is 0 Å². The van der Waals surface area contributed by atoms with Crippen LogP contribution in [0.15, 0.2) is 28.7 Å². The quantitative estimate of drug-likeness (QED) is 0.576. The highest BCUT2D eigenvalue weighted by atomic mass is 79.9. The topological polar surface area (TPSA) is 15.8 Å². The fourth-order valence-corrected chi connectivity index (χ4v) is 3.00. The van der Waals surface area contributed by atoms with Gasteiger partial charge in [0.25, 0.3) is 0 Å². The van der Waals surface area contributed by atoms with Crippen molar-refractivity contribution < 1.29 is 0 Å². The van der Waals surface area contributed by atoms with E-state index in [0.717, 1.165) is 20.5 Å². The molecule has 0 aliphatic rings. The highest BCUT2D eigenvalue weighted by Gasteiger charge is 2.11. The van der Waals surface area contributed by atoms with E-state index in [9.17, 15) is 0 Å². The fourth-order valence-electron chi connectivity index (χ4n) is 2.30. The smallest absolute Gasteiger partial charge is 0.0479 e. The van der Waals surface area contributed by atoms with E-state index in [1.165, 1.54) is 21.9 Å². The van der Waals surface area contributed by atoms with E-state index >= 15 is 0 Å². The van der Waals surface area contributed by atoms with Crippen LogP contribution in [0.5, 0.6) is 0 Å². The van der Waals surface area contributed by atoms with Crippen LogP contribution in [0, 0.1) is 13.8 Å². The van der Waals surface area contributed by atoms with Gasteiger partial charge in [0, 0.05) is 31.3 Å². The van der Waals surface area contributed by atoms with E-state index in [0.29, 0.717) is 0 Å². The Morgan fingerprint density at radius 1 is 1.06 bits per heavy atom. The lowest BCUT2D eigenvalue weighted by Crippen LogP contribution is -1.84. The molecular formula is C14H11BrClN. The van der Waals surface area contributed by atoms with E-state index < -0.39 is 0 Å². The molecule has 1 aromatic heterocycles. The number of H-pyrrole nitrogens is 1. The second kappa shape index (κ2) is 3.76. The molecule has 17 heavy (non-hydrogen) atoms. The Morgan fingerprint density at radius 3 is 2.59 bits per heavy atom. The third-order valence-corrected chi connectivity index (χ3v) is 4.42. The van der Waals surface area contributed by atoms with Crippen LogP contribution in [0.25, 0.3) is 21.8 Å². The molecule has 1 heterocycles. The predicted molar refractivity (Wildman–Crippen MR) is 78.0 cm³/mol. The Hall–Kier alpha value is -0.990. The van der Waals surface area contributed by atoms with Crippen molar-refractivity contribution in [3.8, 4) is 0 Å². The second-order valence-electron chi connectivity index (χ2n) is 4.35. The Morgan fingerprint density at radius 2 is 1.82 bits per heavy atom. The molecule has 0 fully saturated rings. The van der Waals surface area contributed by atoms with E-state index in [1.807, 2.05) is 18.2 Å². The number of aromatic nitrogens is 1. The maximum Gasteiger partial charge on any atom is 0.0479 e. The van der Waals surface area contributed by atoms with Crippen molar-refractivity contribution >= 4 is 49.3 Å². The Kier molecular flexibility index (Phi) is 2.46. The first-order valence-electron chi connectivity index (χ1n) is 5.44. The summed E-state index contributed by atoms with van der Waals surface area (Å²) in [6.07, 6.45) is 0. The molecule has 0 amide bonds. The average Bonchev–Trinajstić information content (AvgIpc) is 2.63. The first-order valence-corrected chi connectivity index (χ1v) is 6.61. The number of hydrogen-bond donors (Lipinski definition) is 1. The van der Waals surface area contributed by atoms with Gasteiger partial charge in [0.2, 0.25) is 0 Å². The minimum Gasteiger partial charge on any atom is -0.354 e. The molecule has 3 aromatic rings. The maximum absolute atomic E-state index is 6.08. The summed E-state index contributed by atoms with van der Waals surface area (Å²) in [4.78, 5) is 3.43. The maximum atomic E-state index is 6.08. The van der Waals surface area contributed by atoms with E-state index in [-0.39, 0.29) is 0 Å². The number of fused-ring (bicyclic) bond motifs is 3. The van der Waals surface area contributed by atoms with E-state index in [2.05, 4.69) is 40.8 Å². The van der Waals surface area contributed by atoms with Crippen LogP contribution in [0.4, 0.5) is 0 Å². The average molecular weight is 309 g/mol. The van der Waals surface area contributed by atoms with Crippen LogP contribution in [0.3, 0.4) is 0 Å². The highest BCUT2D eigenvalue weighted by molar-refractivity contribution is 9.10. The molecule has 2 aromatic carbocycles. The van der Waals surface area contributed by atoms with Crippen molar-refractivity contribution in [2.24, 2.45) is 0 Å². The zero-order valence-electron chi connectivity index (χ0n) is 9.57. The van der Waals surface area contributed by atoms with Gasteiger partial charge in [0.1, 0.15) is 0 Å². The van der Waals surface area contributed by atoms with Gasteiger partial charge in [-0.1, -0.05) is 27.5 Å². The molecule has 3 heteroatoms. The van der Waals surface area contributed by atoms with E-state index in [1.54, 1.807) is 0 Å². The summed E-state index contributed by atoms with van der Waals surface area (Å²) in [5.74, 6) is 0. The number of aromatic amines is 1. The van der Waals surface area contributed by atoms with Gasteiger partial charge in [-0.2, -0.15) is 0 Å². The first kappa shape index (κ1) is 11.1. The molecule has 86 valence electrons. The van der Waals surface area contributed by atoms with Gasteiger partial charge >= 0.3 is 0 Å². The SMILES string of the molecule is Cc1c(Br)cc2[nH]c3ccc(Cl)cc3c2c1C. The zero-order chi connectivity index (χ0) is 12.2. The lowest BCUT2D eigenvalue weighted by Gasteiger charge is -2.05. The molecule has 1 N–H and O–H groups in total. The molecule has 3 rings (SSSR count). The first-order chi connectivity index (χ1) is 8.08. The third kappa shape index (κ3) is 1.59. The van der Waals surface area contributed by atoms with Crippen LogP contribution in [0.2, 0.25) is 5.02 Å². The standard InChI is InChI=1S/C14H11BrClN/c1-7-8(2)14-10-5-9(16)3-4-12(10)17-13(14)6-11(7)15/h3-6,17H,1-2H3. The minimum absolute atomic E-state index is 0.776. The molecule has 0 radical (unpaired) electrons. The second-order valence-corrected chi connectivity index (χ2v) is 5.64. The van der Waals surface area contributed by atoms with Crippen LogP contribution < -0.4 is 0 Å². The van der Waals surface area contributed by atoms with Crippen molar-refractivity contribution in [1.82, 2.24) is 4.98 Å². The molecule has 0 aliphatic carbocycles. The van der Waals surface area contributed by atoms with Gasteiger partial charge in [0.15, 0.2) is 0 Å². The summed E-state index contributed by atoms with van der Waals surface area (Å²) in [5, 5.41) is 3.24. The summed E-state index contributed by atoms with van der Waals surface area (Å²) < 4.78 is 1.14. The molecule has 0 spiro atoms. The minimum atomic E-state index is 0.776. The molecule has 0 saturated heterocycles. The van der Waals surface area contributed by atoms with Gasteiger partial charge < -0.3 is 4.98 Å². The molecule has 0 aliphatic heterocycles. The predicted octanol–water partition coefficient (Wildman–Crippen LogP) is 5.35. The van der Waals surface area contributed by atoms with Gasteiger partial charge in [-0.15, -0.1) is 0 Å². The molecular weight excluding hydrogens is 298 g/mol. The van der Waals surface area contributed by atoms with Gasteiger partial charge in [-0.05, 0) is 49.2 Å². The number of rotatable bonds is 0. The lowest BCUT2D eigenvalue weighted by atomic mass is 10.0. The number of benzene rings is 2. The summed E-state index contributed by atoms with van der Waals surface area (Å²) in [7, 11) is 0. The summed E-state index contributed by atoms with van der Waals surface area (Å²) >= 11 is 9.67. The Balaban J connectivity index is 2.59. The molecule has 0 bridgehead atoms. The van der Waals surface area contributed by atoms with Crippen LogP contribution in [0.1, 0.15) is 11.1 Å². The van der Waals surface area contributed by atoms with Gasteiger partial charge in [-0.25, -0.2) is 0 Å². The molecule has 0 saturated carbocycles. The summed E-state index contributed by atoms with van der Waals surface area (Å²) in [5.41, 5.74) is 4.85. The number of hydrogen-bond acceptors (Lipinski definition) is 0. The Bertz CT molecular complexity index is 743. The number of aryl methyl sites for hydroxylation is 1. The van der Waals surface area contributed by atoms with Crippen molar-refractivity contribution in [2.75, 3.05) is 0 Å². The number of halogens is 2. The van der Waals surface area contributed by atoms with Gasteiger partial charge in [-0.3, -0.25) is 0 Å². The molecule has 0 atom stereocenters. The largest absolute Gasteiger partial charge is 0.354 e. The van der Waals surface area contributed by atoms with Gasteiger partial charge in [0.05, 0.1) is 0 Å². The summed E-state index contributed by atoms with van der Waals surface area (Å²) in [6, 6.07) is 8.10. The number of nitrogens with one attached hydrogen (secondary N) is 1. The van der Waals surface area contributed by atoms with Crippen molar-refractivity contribution in [2.45, 2.75) is 13.8 Å². The highest BCUT2D eigenvalue weighted by Crippen LogP contribution is 2.34. The van der Waals surface area contributed by atoms with E-state index in [4.69, 9.17) is 11.6 Å². The fraction of sp³-hybridized carbons (Fsp3) is 0.143. The third-order valence-electron chi connectivity index (χ3n) is 3.36. The van der Waals surface area contributed by atoms with Crippen LogP contribution in [-0.4, -0.2) is 4.98 Å². The monoisotopic (exact) mass is 307 g/mol. The molecule has 1 nitrogen and oxygen atoms in total. The summed E-state index contributed by atoms with van der Waals surface area (Å²) in [6.45, 7) is 4.28. The molecule has 0 unspecified atom stereocenters. The Labute approximate surface area is 113 Å². The van der Waals surface area contributed by atoms with Crippen molar-refractivity contribution in [1.29, 1.82) is 0 Å². The van der Waals surface area contributed by atoms with Crippen LogP contribution >= 0.6 is 27.5 Å². The normalized spacial score (nSPS) is 11.5. The lowest BCUT2D eigenvalue weighted by molar-refractivity contribution is 1.35. The zero-order valence-corrected chi connectivity index (χ0v) is 11.9.